The van der Waals surface area contributed by atoms with Gasteiger partial charge in [0.2, 0.25) is 5.91 Å². The van der Waals surface area contributed by atoms with Gasteiger partial charge in [-0.15, -0.1) is 11.8 Å². The Morgan fingerprint density at radius 2 is 1.96 bits per heavy atom. The van der Waals surface area contributed by atoms with E-state index in [9.17, 15) is 9.18 Å². The molecule has 0 bridgehead atoms. The zero-order valence-electron chi connectivity index (χ0n) is 13.8. The molecule has 0 unspecified atom stereocenters. The molecular formula is C19H20FN3OS. The van der Waals surface area contributed by atoms with Crippen LogP contribution >= 0.6 is 11.8 Å². The SMILES string of the molecule is O=C(CCn1cnc2ccccc21)NCCCSc1ccc(F)cc1. The summed E-state index contributed by atoms with van der Waals surface area (Å²) >= 11 is 1.66. The molecule has 0 saturated heterocycles. The van der Waals surface area contributed by atoms with E-state index >= 15 is 0 Å². The van der Waals surface area contributed by atoms with Gasteiger partial charge in [0.05, 0.1) is 17.4 Å². The second-order valence-corrected chi connectivity index (χ2v) is 6.85. The molecule has 0 aliphatic heterocycles. The fourth-order valence-corrected chi connectivity index (χ4v) is 3.37. The van der Waals surface area contributed by atoms with Crippen LogP contribution in [0, 0.1) is 5.82 Å². The van der Waals surface area contributed by atoms with Crippen LogP contribution in [0.3, 0.4) is 0 Å². The van der Waals surface area contributed by atoms with Crippen molar-refractivity contribution in [2.45, 2.75) is 24.3 Å². The van der Waals surface area contributed by atoms with Crippen molar-refractivity contribution >= 4 is 28.7 Å². The molecule has 1 aromatic heterocycles. The first kappa shape index (κ1) is 17.5. The highest BCUT2D eigenvalue weighted by atomic mass is 32.2. The van der Waals surface area contributed by atoms with Gasteiger partial charge >= 0.3 is 0 Å². The Morgan fingerprint density at radius 1 is 1.16 bits per heavy atom. The number of amides is 1. The molecule has 6 heteroatoms. The van der Waals surface area contributed by atoms with Crippen molar-refractivity contribution in [2.75, 3.05) is 12.3 Å². The van der Waals surface area contributed by atoms with E-state index in [2.05, 4.69) is 10.3 Å². The normalized spacial score (nSPS) is 10.9. The Morgan fingerprint density at radius 3 is 2.80 bits per heavy atom. The number of aromatic nitrogens is 2. The smallest absolute Gasteiger partial charge is 0.221 e. The van der Waals surface area contributed by atoms with Crippen molar-refractivity contribution in [3.8, 4) is 0 Å². The van der Waals surface area contributed by atoms with Crippen LogP contribution in [0.25, 0.3) is 11.0 Å². The summed E-state index contributed by atoms with van der Waals surface area (Å²) in [7, 11) is 0. The Labute approximate surface area is 150 Å². The van der Waals surface area contributed by atoms with Gasteiger partial charge in [-0.25, -0.2) is 9.37 Å². The number of para-hydroxylation sites is 2. The molecule has 130 valence electrons. The van der Waals surface area contributed by atoms with Gasteiger partial charge in [-0.05, 0) is 48.6 Å². The van der Waals surface area contributed by atoms with Gasteiger partial charge in [-0.3, -0.25) is 4.79 Å². The number of rotatable bonds is 8. The predicted octanol–water partition coefficient (Wildman–Crippen LogP) is 3.86. The highest BCUT2D eigenvalue weighted by Gasteiger charge is 2.05. The van der Waals surface area contributed by atoms with Gasteiger partial charge in [-0.1, -0.05) is 12.1 Å². The molecule has 0 spiro atoms. The first-order chi connectivity index (χ1) is 12.2. The van der Waals surface area contributed by atoms with Gasteiger partial charge in [-0.2, -0.15) is 0 Å². The maximum atomic E-state index is 12.8. The number of hydrogen-bond acceptors (Lipinski definition) is 3. The van der Waals surface area contributed by atoms with E-state index in [4.69, 9.17) is 0 Å². The summed E-state index contributed by atoms with van der Waals surface area (Å²) in [4.78, 5) is 17.3. The third-order valence-corrected chi connectivity index (χ3v) is 4.93. The number of benzene rings is 2. The van der Waals surface area contributed by atoms with Crippen molar-refractivity contribution in [3.63, 3.8) is 0 Å². The van der Waals surface area contributed by atoms with E-state index < -0.39 is 0 Å². The Hall–Kier alpha value is -2.34. The second-order valence-electron chi connectivity index (χ2n) is 5.68. The topological polar surface area (TPSA) is 46.9 Å². The summed E-state index contributed by atoms with van der Waals surface area (Å²) in [6, 6.07) is 14.4. The van der Waals surface area contributed by atoms with Gasteiger partial charge in [0, 0.05) is 24.4 Å². The minimum absolute atomic E-state index is 0.0459. The maximum absolute atomic E-state index is 12.8. The zero-order chi connectivity index (χ0) is 17.5. The number of hydrogen-bond donors (Lipinski definition) is 1. The van der Waals surface area contributed by atoms with Crippen molar-refractivity contribution in [3.05, 3.63) is 60.7 Å². The van der Waals surface area contributed by atoms with Crippen LogP contribution in [0.4, 0.5) is 4.39 Å². The highest BCUT2D eigenvalue weighted by molar-refractivity contribution is 7.99. The minimum atomic E-state index is -0.220. The maximum Gasteiger partial charge on any atom is 0.221 e. The minimum Gasteiger partial charge on any atom is -0.356 e. The monoisotopic (exact) mass is 357 g/mol. The lowest BCUT2D eigenvalue weighted by Gasteiger charge is -2.07. The summed E-state index contributed by atoms with van der Waals surface area (Å²) < 4.78 is 14.8. The molecule has 0 atom stereocenters. The number of nitrogens with one attached hydrogen (secondary N) is 1. The number of thioether (sulfide) groups is 1. The molecular weight excluding hydrogens is 337 g/mol. The fourth-order valence-electron chi connectivity index (χ4n) is 2.52. The number of fused-ring (bicyclic) bond motifs is 1. The second kappa shape index (κ2) is 8.67. The van der Waals surface area contributed by atoms with Crippen molar-refractivity contribution in [2.24, 2.45) is 0 Å². The van der Waals surface area contributed by atoms with Gasteiger partial charge in [0.25, 0.3) is 0 Å². The van der Waals surface area contributed by atoms with Gasteiger partial charge in [0.1, 0.15) is 5.82 Å². The van der Waals surface area contributed by atoms with Crippen LogP contribution < -0.4 is 5.32 Å². The van der Waals surface area contributed by atoms with E-state index in [0.29, 0.717) is 19.5 Å². The number of nitrogens with zero attached hydrogens (tertiary/aromatic N) is 2. The largest absolute Gasteiger partial charge is 0.356 e. The Balaban J connectivity index is 1.33. The molecule has 1 amide bonds. The average molecular weight is 357 g/mol. The van der Waals surface area contributed by atoms with Crippen LogP contribution in [0.1, 0.15) is 12.8 Å². The van der Waals surface area contributed by atoms with Crippen molar-refractivity contribution < 1.29 is 9.18 Å². The summed E-state index contributed by atoms with van der Waals surface area (Å²) in [5.41, 5.74) is 1.99. The quantitative estimate of drug-likeness (QED) is 0.492. The highest BCUT2D eigenvalue weighted by Crippen LogP contribution is 2.18. The molecule has 0 fully saturated rings. The van der Waals surface area contributed by atoms with Crippen molar-refractivity contribution in [1.82, 2.24) is 14.9 Å². The first-order valence-corrected chi connectivity index (χ1v) is 9.26. The lowest BCUT2D eigenvalue weighted by molar-refractivity contribution is -0.121. The Kier molecular flexibility index (Phi) is 6.06. The number of carbonyl (C=O) groups is 1. The van der Waals surface area contributed by atoms with E-state index in [1.165, 1.54) is 12.1 Å². The molecule has 1 N–H and O–H groups in total. The molecule has 25 heavy (non-hydrogen) atoms. The number of halogens is 1. The molecule has 4 nitrogen and oxygen atoms in total. The van der Waals surface area contributed by atoms with E-state index in [0.717, 1.165) is 28.1 Å². The molecule has 3 aromatic rings. The molecule has 0 aliphatic carbocycles. The summed E-state index contributed by atoms with van der Waals surface area (Å²) in [5, 5.41) is 2.94. The summed E-state index contributed by atoms with van der Waals surface area (Å²) in [6.07, 6.45) is 3.09. The van der Waals surface area contributed by atoms with E-state index in [1.807, 2.05) is 28.8 Å². The summed E-state index contributed by atoms with van der Waals surface area (Å²) in [6.45, 7) is 1.27. The molecule has 3 rings (SSSR count). The lowest BCUT2D eigenvalue weighted by atomic mass is 10.3. The van der Waals surface area contributed by atoms with Crippen LogP contribution in [0.5, 0.6) is 0 Å². The van der Waals surface area contributed by atoms with Crippen LogP contribution in [0.15, 0.2) is 59.8 Å². The molecule has 0 saturated carbocycles. The molecule has 1 heterocycles. The first-order valence-electron chi connectivity index (χ1n) is 8.27. The van der Waals surface area contributed by atoms with E-state index in [-0.39, 0.29) is 11.7 Å². The lowest BCUT2D eigenvalue weighted by Crippen LogP contribution is -2.25. The van der Waals surface area contributed by atoms with Gasteiger partial charge < -0.3 is 9.88 Å². The Bertz CT molecular complexity index is 832. The van der Waals surface area contributed by atoms with Crippen molar-refractivity contribution in [1.29, 1.82) is 0 Å². The van der Waals surface area contributed by atoms with Crippen LogP contribution in [-0.4, -0.2) is 27.8 Å². The average Bonchev–Trinajstić information content (AvgIpc) is 3.04. The zero-order valence-corrected chi connectivity index (χ0v) is 14.6. The van der Waals surface area contributed by atoms with E-state index in [1.54, 1.807) is 30.2 Å². The van der Waals surface area contributed by atoms with Crippen LogP contribution in [-0.2, 0) is 11.3 Å². The number of carbonyl (C=O) groups excluding carboxylic acids is 1. The molecule has 0 aliphatic rings. The summed E-state index contributed by atoms with van der Waals surface area (Å²) in [5.74, 6) is 0.713. The number of aryl methyl sites for hydroxylation is 1. The third-order valence-electron chi connectivity index (χ3n) is 3.83. The fraction of sp³-hybridized carbons (Fsp3) is 0.263. The van der Waals surface area contributed by atoms with Gasteiger partial charge in [0.15, 0.2) is 0 Å². The third kappa shape index (κ3) is 5.06. The molecule has 0 radical (unpaired) electrons. The standard InChI is InChI=1S/C19H20FN3OS/c20-15-6-8-16(9-7-15)25-13-3-11-21-19(24)10-12-23-14-22-17-4-1-2-5-18(17)23/h1-2,4-9,14H,3,10-13H2,(H,21,24). The predicted molar refractivity (Wildman–Crippen MR) is 99.1 cm³/mol. The number of imidazole rings is 1. The van der Waals surface area contributed by atoms with Crippen LogP contribution in [0.2, 0.25) is 0 Å². The molecule has 2 aromatic carbocycles.